The van der Waals surface area contributed by atoms with Crippen LogP contribution in [0.2, 0.25) is 0 Å². The summed E-state index contributed by atoms with van der Waals surface area (Å²) in [6.07, 6.45) is 0. The molecule has 0 aliphatic carbocycles. The third kappa shape index (κ3) is 3.32. The molecular weight excluding hydrogens is 308 g/mol. The van der Waals surface area contributed by atoms with E-state index in [0.717, 1.165) is 27.6 Å². The van der Waals surface area contributed by atoms with Crippen LogP contribution in [0.25, 0.3) is 11.3 Å². The lowest BCUT2D eigenvalue weighted by Crippen LogP contribution is -2.17. The fraction of sp³-hybridized carbons (Fsp3) is 0.235. The standard InChI is InChI=1S/C17H18N4OS/c1-4-21-16(8-11(2)20-21)17(22)19-14-7-5-6-13(9-14)15-10-23-12(3)18-15/h5-10H,4H2,1-3H3,(H,19,22). The number of carbonyl (C=O) groups excluding carboxylic acids is 1. The van der Waals surface area contributed by atoms with E-state index >= 15 is 0 Å². The smallest absolute Gasteiger partial charge is 0.273 e. The van der Waals surface area contributed by atoms with Crippen molar-refractivity contribution >= 4 is 22.9 Å². The molecule has 2 aromatic heterocycles. The Morgan fingerprint density at radius 3 is 2.83 bits per heavy atom. The Hall–Kier alpha value is -2.47. The number of benzene rings is 1. The first kappa shape index (κ1) is 15.4. The summed E-state index contributed by atoms with van der Waals surface area (Å²) >= 11 is 1.61. The molecule has 118 valence electrons. The lowest BCUT2D eigenvalue weighted by Gasteiger charge is -2.07. The van der Waals surface area contributed by atoms with Gasteiger partial charge >= 0.3 is 0 Å². The second kappa shape index (κ2) is 6.34. The van der Waals surface area contributed by atoms with Crippen LogP contribution in [0, 0.1) is 13.8 Å². The monoisotopic (exact) mass is 326 g/mol. The zero-order valence-corrected chi connectivity index (χ0v) is 14.1. The van der Waals surface area contributed by atoms with Gasteiger partial charge in [-0.1, -0.05) is 12.1 Å². The quantitative estimate of drug-likeness (QED) is 0.791. The summed E-state index contributed by atoms with van der Waals surface area (Å²) in [5.41, 5.74) is 4.08. The lowest BCUT2D eigenvalue weighted by molar-refractivity contribution is 0.101. The van der Waals surface area contributed by atoms with Gasteiger partial charge in [-0.15, -0.1) is 11.3 Å². The average Bonchev–Trinajstić information content (AvgIpc) is 3.13. The molecule has 0 spiro atoms. The molecule has 3 rings (SSSR count). The van der Waals surface area contributed by atoms with Crippen molar-refractivity contribution in [2.24, 2.45) is 0 Å². The van der Waals surface area contributed by atoms with Gasteiger partial charge in [-0.3, -0.25) is 9.48 Å². The summed E-state index contributed by atoms with van der Waals surface area (Å²) in [5.74, 6) is -0.154. The van der Waals surface area contributed by atoms with Gasteiger partial charge in [-0.25, -0.2) is 4.98 Å². The van der Waals surface area contributed by atoms with Gasteiger partial charge in [-0.2, -0.15) is 5.10 Å². The SMILES string of the molecule is CCn1nc(C)cc1C(=O)Nc1cccc(-c2csc(C)n2)c1. The molecule has 0 atom stereocenters. The molecule has 1 amide bonds. The normalized spacial score (nSPS) is 10.7. The molecule has 0 radical (unpaired) electrons. The minimum absolute atomic E-state index is 0.154. The molecule has 0 bridgehead atoms. The number of amides is 1. The first-order valence-corrected chi connectivity index (χ1v) is 8.33. The number of hydrogen-bond acceptors (Lipinski definition) is 4. The number of aryl methyl sites for hydroxylation is 3. The Kier molecular flexibility index (Phi) is 4.25. The highest BCUT2D eigenvalue weighted by Gasteiger charge is 2.13. The number of nitrogens with zero attached hydrogens (tertiary/aromatic N) is 3. The van der Waals surface area contributed by atoms with Crippen LogP contribution in [0.1, 0.15) is 28.1 Å². The maximum atomic E-state index is 12.5. The Balaban J connectivity index is 1.84. The maximum absolute atomic E-state index is 12.5. The fourth-order valence-corrected chi connectivity index (χ4v) is 3.04. The van der Waals surface area contributed by atoms with E-state index in [-0.39, 0.29) is 5.91 Å². The maximum Gasteiger partial charge on any atom is 0.273 e. The number of rotatable bonds is 4. The summed E-state index contributed by atoms with van der Waals surface area (Å²) in [6, 6.07) is 9.52. The van der Waals surface area contributed by atoms with E-state index in [0.29, 0.717) is 12.2 Å². The summed E-state index contributed by atoms with van der Waals surface area (Å²) < 4.78 is 1.71. The molecule has 0 saturated heterocycles. The molecule has 0 unspecified atom stereocenters. The molecule has 6 heteroatoms. The van der Waals surface area contributed by atoms with Crippen LogP contribution in [0.4, 0.5) is 5.69 Å². The van der Waals surface area contributed by atoms with Crippen LogP contribution in [0.15, 0.2) is 35.7 Å². The van der Waals surface area contributed by atoms with Gasteiger partial charge in [0.25, 0.3) is 5.91 Å². The summed E-state index contributed by atoms with van der Waals surface area (Å²) in [4.78, 5) is 17.0. The van der Waals surface area contributed by atoms with E-state index < -0.39 is 0 Å². The van der Waals surface area contributed by atoms with Crippen LogP contribution < -0.4 is 5.32 Å². The topological polar surface area (TPSA) is 59.8 Å². The van der Waals surface area contributed by atoms with Crippen molar-refractivity contribution in [3.63, 3.8) is 0 Å². The second-order valence-electron chi connectivity index (χ2n) is 5.27. The Morgan fingerprint density at radius 2 is 2.13 bits per heavy atom. The van der Waals surface area contributed by atoms with Crippen molar-refractivity contribution < 1.29 is 4.79 Å². The predicted octanol–water partition coefficient (Wildman–Crippen LogP) is 3.90. The van der Waals surface area contributed by atoms with Gasteiger partial charge in [0, 0.05) is 23.2 Å². The van der Waals surface area contributed by atoms with E-state index in [1.807, 2.05) is 50.4 Å². The van der Waals surface area contributed by atoms with Crippen LogP contribution >= 0.6 is 11.3 Å². The van der Waals surface area contributed by atoms with Crippen molar-refractivity contribution in [3.05, 3.63) is 52.1 Å². The van der Waals surface area contributed by atoms with Crippen LogP contribution in [-0.2, 0) is 6.54 Å². The first-order valence-electron chi connectivity index (χ1n) is 7.45. The molecule has 0 aliphatic rings. The number of anilines is 1. The molecule has 0 saturated carbocycles. The van der Waals surface area contributed by atoms with Gasteiger partial charge in [0.15, 0.2) is 0 Å². The van der Waals surface area contributed by atoms with Gasteiger partial charge in [-0.05, 0) is 39.0 Å². The molecule has 2 heterocycles. The molecule has 1 aromatic carbocycles. The van der Waals surface area contributed by atoms with Gasteiger partial charge in [0.2, 0.25) is 0 Å². The predicted molar refractivity (Wildman–Crippen MR) is 92.9 cm³/mol. The Bertz CT molecular complexity index is 850. The number of hydrogen-bond donors (Lipinski definition) is 1. The molecule has 1 N–H and O–H groups in total. The first-order chi connectivity index (χ1) is 11.1. The highest BCUT2D eigenvalue weighted by atomic mass is 32.1. The number of nitrogens with one attached hydrogen (secondary N) is 1. The summed E-state index contributed by atoms with van der Waals surface area (Å²) in [5, 5.41) is 10.3. The highest BCUT2D eigenvalue weighted by molar-refractivity contribution is 7.09. The Morgan fingerprint density at radius 1 is 1.30 bits per heavy atom. The zero-order chi connectivity index (χ0) is 16.4. The Labute approximate surface area is 139 Å². The number of aromatic nitrogens is 3. The van der Waals surface area contributed by atoms with Crippen molar-refractivity contribution in [2.75, 3.05) is 5.32 Å². The van der Waals surface area contributed by atoms with Gasteiger partial charge in [0.1, 0.15) is 5.69 Å². The zero-order valence-electron chi connectivity index (χ0n) is 13.3. The van der Waals surface area contributed by atoms with Crippen molar-refractivity contribution in [3.8, 4) is 11.3 Å². The summed E-state index contributed by atoms with van der Waals surface area (Å²) in [6.45, 7) is 6.49. The van der Waals surface area contributed by atoms with E-state index in [2.05, 4.69) is 15.4 Å². The van der Waals surface area contributed by atoms with Crippen LogP contribution in [-0.4, -0.2) is 20.7 Å². The van der Waals surface area contributed by atoms with Gasteiger partial charge < -0.3 is 5.32 Å². The van der Waals surface area contributed by atoms with Crippen molar-refractivity contribution in [2.45, 2.75) is 27.3 Å². The molecule has 5 nitrogen and oxygen atoms in total. The highest BCUT2D eigenvalue weighted by Crippen LogP contribution is 2.24. The van der Waals surface area contributed by atoms with E-state index in [1.165, 1.54) is 0 Å². The largest absolute Gasteiger partial charge is 0.321 e. The van der Waals surface area contributed by atoms with E-state index in [4.69, 9.17) is 0 Å². The summed E-state index contributed by atoms with van der Waals surface area (Å²) in [7, 11) is 0. The minimum Gasteiger partial charge on any atom is -0.321 e. The van der Waals surface area contributed by atoms with Crippen molar-refractivity contribution in [1.82, 2.24) is 14.8 Å². The third-order valence-corrected chi connectivity index (χ3v) is 4.24. The second-order valence-corrected chi connectivity index (χ2v) is 6.34. The molecular formula is C17H18N4OS. The van der Waals surface area contributed by atoms with Gasteiger partial charge in [0.05, 0.1) is 16.4 Å². The molecule has 23 heavy (non-hydrogen) atoms. The number of carbonyl (C=O) groups is 1. The van der Waals surface area contributed by atoms with E-state index in [9.17, 15) is 4.79 Å². The van der Waals surface area contributed by atoms with E-state index in [1.54, 1.807) is 22.1 Å². The van der Waals surface area contributed by atoms with Crippen LogP contribution in [0.3, 0.4) is 0 Å². The third-order valence-electron chi connectivity index (χ3n) is 3.47. The van der Waals surface area contributed by atoms with Crippen molar-refractivity contribution in [1.29, 1.82) is 0 Å². The lowest BCUT2D eigenvalue weighted by atomic mass is 10.1. The minimum atomic E-state index is -0.154. The molecule has 0 fully saturated rings. The number of thiazole rings is 1. The fourth-order valence-electron chi connectivity index (χ4n) is 2.42. The molecule has 3 aromatic rings. The molecule has 0 aliphatic heterocycles. The van der Waals surface area contributed by atoms with Crippen LogP contribution in [0.5, 0.6) is 0 Å². The average molecular weight is 326 g/mol.